The molecule has 0 bridgehead atoms. The Hall–Kier alpha value is -2.80. The molecule has 2 aromatic rings. The summed E-state index contributed by atoms with van der Waals surface area (Å²) in [5.41, 5.74) is -6.66. The molecule has 3 N–H and O–H groups in total. The number of hydrogen-bond donors (Lipinski definition) is 3. The molecule has 0 aliphatic heterocycles. The Balaban J connectivity index is 2.29. The van der Waals surface area contributed by atoms with E-state index in [0.29, 0.717) is 30.0 Å². The lowest BCUT2D eigenvalue weighted by Gasteiger charge is -2.32. The second-order valence-electron chi connectivity index (χ2n) is 6.09. The van der Waals surface area contributed by atoms with Crippen molar-refractivity contribution >= 4 is 27.3 Å². The zero-order valence-corrected chi connectivity index (χ0v) is 15.8. The average molecular weight is 456 g/mol. The molecule has 0 radical (unpaired) electrons. The van der Waals surface area contributed by atoms with Crippen LogP contribution in [0.15, 0.2) is 53.4 Å². The average Bonchev–Trinajstić information content (AvgIpc) is 2.59. The number of carbonyl (C=O) groups is 1. The van der Waals surface area contributed by atoms with Crippen molar-refractivity contribution in [3.63, 3.8) is 0 Å². The zero-order chi connectivity index (χ0) is 23.0. The van der Waals surface area contributed by atoms with Crippen LogP contribution in [0, 0.1) is 0 Å². The van der Waals surface area contributed by atoms with Gasteiger partial charge in [0.1, 0.15) is 0 Å². The minimum absolute atomic E-state index is 0.275. The number of sulfonamides is 1. The van der Waals surface area contributed by atoms with Crippen LogP contribution in [0.25, 0.3) is 0 Å². The number of carbonyl (C=O) groups excluding carboxylic acids is 1. The van der Waals surface area contributed by atoms with Gasteiger partial charge >= 0.3 is 12.4 Å². The molecule has 0 aromatic heterocycles. The molecule has 0 saturated carbocycles. The number of halogens is 6. The number of anilines is 2. The summed E-state index contributed by atoms with van der Waals surface area (Å²) in [6.45, 7) is 1.24. The van der Waals surface area contributed by atoms with Crippen molar-refractivity contribution in [3.05, 3.63) is 54.1 Å². The van der Waals surface area contributed by atoms with Crippen molar-refractivity contribution in [2.75, 3.05) is 10.0 Å². The molecule has 0 unspecified atom stereocenters. The minimum Gasteiger partial charge on any atom is -0.369 e. The van der Waals surface area contributed by atoms with Crippen molar-refractivity contribution in [2.24, 2.45) is 0 Å². The number of benzene rings is 2. The van der Waals surface area contributed by atoms with Gasteiger partial charge in [0.15, 0.2) is 0 Å². The maximum atomic E-state index is 12.9. The number of aliphatic hydroxyl groups is 1. The van der Waals surface area contributed by atoms with Gasteiger partial charge in [0, 0.05) is 23.9 Å². The summed E-state index contributed by atoms with van der Waals surface area (Å²) in [6, 6.07) is 6.78. The van der Waals surface area contributed by atoms with Gasteiger partial charge in [-0.2, -0.15) is 26.3 Å². The first-order valence-electron chi connectivity index (χ1n) is 7.95. The van der Waals surface area contributed by atoms with Gasteiger partial charge in [-0.1, -0.05) is 12.1 Å². The van der Waals surface area contributed by atoms with E-state index in [1.54, 1.807) is 0 Å². The van der Waals surface area contributed by atoms with Crippen LogP contribution in [0.1, 0.15) is 12.5 Å². The number of hydrogen-bond acceptors (Lipinski definition) is 4. The number of amides is 1. The summed E-state index contributed by atoms with van der Waals surface area (Å²) >= 11 is 0. The highest BCUT2D eigenvalue weighted by Gasteiger charge is 2.71. The first kappa shape index (κ1) is 23.5. The third kappa shape index (κ3) is 4.67. The van der Waals surface area contributed by atoms with Crippen molar-refractivity contribution in [3.8, 4) is 0 Å². The van der Waals surface area contributed by atoms with Crippen LogP contribution in [0.2, 0.25) is 0 Å². The molecule has 13 heteroatoms. The van der Waals surface area contributed by atoms with Crippen LogP contribution >= 0.6 is 0 Å². The van der Waals surface area contributed by atoms with Crippen LogP contribution < -0.4 is 10.0 Å². The fourth-order valence-corrected chi connectivity index (χ4v) is 3.46. The number of rotatable bonds is 5. The molecule has 1 amide bonds. The fourth-order valence-electron chi connectivity index (χ4n) is 2.40. The Morgan fingerprint density at radius 3 is 1.67 bits per heavy atom. The summed E-state index contributed by atoms with van der Waals surface area (Å²) in [5.74, 6) is -0.388. The molecular formula is C17H14F6N2O4S. The van der Waals surface area contributed by atoms with E-state index in [2.05, 4.69) is 5.32 Å². The monoisotopic (exact) mass is 456 g/mol. The minimum atomic E-state index is -6.05. The molecule has 164 valence electrons. The Kier molecular flexibility index (Phi) is 6.10. The van der Waals surface area contributed by atoms with Gasteiger partial charge < -0.3 is 10.4 Å². The van der Waals surface area contributed by atoms with Crippen molar-refractivity contribution in [1.29, 1.82) is 0 Å². The molecule has 0 aliphatic carbocycles. The van der Waals surface area contributed by atoms with Gasteiger partial charge in [0.25, 0.3) is 15.6 Å². The van der Waals surface area contributed by atoms with Gasteiger partial charge in [-0.15, -0.1) is 0 Å². The highest BCUT2D eigenvalue weighted by atomic mass is 32.2. The van der Waals surface area contributed by atoms with E-state index in [1.807, 2.05) is 4.72 Å². The standard InChI is InChI=1S/C17H14F6N2O4S/c1-10(26)24-12-6-8-14(9-7-12)30(28,29)25-13-4-2-11(3-5-13)15(27,16(18,19)20)17(21,22)23/h2-9,25,27H,1H3,(H,24,26). The molecule has 0 saturated heterocycles. The molecule has 0 spiro atoms. The Labute approximate surface area is 166 Å². The molecule has 0 atom stereocenters. The molecule has 2 rings (SSSR count). The maximum absolute atomic E-state index is 12.9. The smallest absolute Gasteiger partial charge is 0.369 e. The number of nitrogens with one attached hydrogen (secondary N) is 2. The van der Waals surface area contributed by atoms with Gasteiger partial charge in [-0.25, -0.2) is 8.42 Å². The summed E-state index contributed by atoms with van der Waals surface area (Å²) in [4.78, 5) is 10.7. The topological polar surface area (TPSA) is 95.5 Å². The Morgan fingerprint density at radius 1 is 0.833 bits per heavy atom. The summed E-state index contributed by atoms with van der Waals surface area (Å²) < 4.78 is 104. The summed E-state index contributed by atoms with van der Waals surface area (Å²) in [5, 5.41) is 11.7. The first-order chi connectivity index (χ1) is 13.6. The molecule has 0 fully saturated rings. The predicted octanol–water partition coefficient (Wildman–Crippen LogP) is 3.76. The fraction of sp³-hybridized carbons (Fsp3) is 0.235. The second-order valence-corrected chi connectivity index (χ2v) is 7.78. The zero-order valence-electron chi connectivity index (χ0n) is 15.0. The molecular weight excluding hydrogens is 442 g/mol. The van der Waals surface area contributed by atoms with Gasteiger partial charge in [0.2, 0.25) is 5.91 Å². The summed E-state index contributed by atoms with van der Waals surface area (Å²) in [6.07, 6.45) is -12.1. The van der Waals surface area contributed by atoms with E-state index in [-0.39, 0.29) is 16.5 Å². The lowest BCUT2D eigenvalue weighted by molar-refractivity contribution is -0.376. The van der Waals surface area contributed by atoms with Crippen molar-refractivity contribution < 1.29 is 44.7 Å². The third-order valence-electron chi connectivity index (χ3n) is 3.86. The summed E-state index contributed by atoms with van der Waals surface area (Å²) in [7, 11) is -4.23. The lowest BCUT2D eigenvalue weighted by atomic mass is 9.92. The number of alkyl halides is 6. The predicted molar refractivity (Wildman–Crippen MR) is 94.0 cm³/mol. The van der Waals surface area contributed by atoms with Crippen LogP contribution in [0.4, 0.5) is 37.7 Å². The van der Waals surface area contributed by atoms with Gasteiger partial charge in [-0.05, 0) is 36.4 Å². The molecule has 6 nitrogen and oxygen atoms in total. The van der Waals surface area contributed by atoms with E-state index < -0.39 is 33.5 Å². The lowest BCUT2D eigenvalue weighted by Crippen LogP contribution is -2.53. The van der Waals surface area contributed by atoms with E-state index in [4.69, 9.17) is 0 Å². The molecule has 30 heavy (non-hydrogen) atoms. The van der Waals surface area contributed by atoms with E-state index >= 15 is 0 Å². The third-order valence-corrected chi connectivity index (χ3v) is 5.26. The Morgan fingerprint density at radius 2 is 1.27 bits per heavy atom. The van der Waals surface area contributed by atoms with Crippen LogP contribution in [0.3, 0.4) is 0 Å². The Bertz CT molecular complexity index is 1000. The van der Waals surface area contributed by atoms with Gasteiger partial charge in [0.05, 0.1) is 4.90 Å². The largest absolute Gasteiger partial charge is 0.430 e. The van der Waals surface area contributed by atoms with E-state index in [9.17, 15) is 44.7 Å². The normalized spacial score (nSPS) is 13.1. The van der Waals surface area contributed by atoms with E-state index in [1.165, 1.54) is 19.1 Å². The second kappa shape index (κ2) is 7.80. The maximum Gasteiger partial charge on any atom is 0.430 e. The molecule has 2 aromatic carbocycles. The van der Waals surface area contributed by atoms with E-state index in [0.717, 1.165) is 12.1 Å². The van der Waals surface area contributed by atoms with Crippen LogP contribution in [-0.4, -0.2) is 31.8 Å². The molecule has 0 aliphatic rings. The quantitative estimate of drug-likeness (QED) is 0.598. The first-order valence-corrected chi connectivity index (χ1v) is 9.43. The highest BCUT2D eigenvalue weighted by Crippen LogP contribution is 2.50. The molecule has 0 heterocycles. The van der Waals surface area contributed by atoms with Crippen molar-refractivity contribution in [2.45, 2.75) is 29.8 Å². The van der Waals surface area contributed by atoms with Crippen molar-refractivity contribution in [1.82, 2.24) is 0 Å². The van der Waals surface area contributed by atoms with Crippen LogP contribution in [-0.2, 0) is 20.4 Å². The van der Waals surface area contributed by atoms with Crippen LogP contribution in [0.5, 0.6) is 0 Å². The van der Waals surface area contributed by atoms with Gasteiger partial charge in [-0.3, -0.25) is 9.52 Å². The SMILES string of the molecule is CC(=O)Nc1ccc(S(=O)(=O)Nc2ccc(C(O)(C(F)(F)F)C(F)(F)F)cc2)cc1. The highest BCUT2D eigenvalue weighted by molar-refractivity contribution is 7.92.